The van der Waals surface area contributed by atoms with Gasteiger partial charge in [-0.15, -0.1) is 0 Å². The first-order valence-electron chi connectivity index (χ1n) is 8.61. The third-order valence-electron chi connectivity index (χ3n) is 4.08. The van der Waals surface area contributed by atoms with Gasteiger partial charge in [-0.2, -0.15) is 0 Å². The average Bonchev–Trinajstić information content (AvgIpc) is 2.70. The molecule has 5 heteroatoms. The maximum absolute atomic E-state index is 12.8. The largest absolute Gasteiger partial charge is 0.508 e. The van der Waals surface area contributed by atoms with Gasteiger partial charge in [0.15, 0.2) is 0 Å². The summed E-state index contributed by atoms with van der Waals surface area (Å²) in [5, 5.41) is 15.0. The maximum atomic E-state index is 12.8. The third kappa shape index (κ3) is 5.19. The van der Waals surface area contributed by atoms with E-state index in [1.54, 1.807) is 36.4 Å². The quantitative estimate of drug-likeness (QED) is 0.590. The van der Waals surface area contributed by atoms with Gasteiger partial charge >= 0.3 is 0 Å². The maximum Gasteiger partial charge on any atom is 0.251 e. The molecule has 3 N–H and O–H groups in total. The molecule has 3 rings (SSSR count). The summed E-state index contributed by atoms with van der Waals surface area (Å²) >= 11 is 0. The first kappa shape index (κ1) is 18.2. The molecule has 0 aromatic heterocycles. The number of carbonyl (C=O) groups is 2. The van der Waals surface area contributed by atoms with Crippen molar-refractivity contribution in [2.24, 2.45) is 0 Å². The second-order valence-corrected chi connectivity index (χ2v) is 6.12. The van der Waals surface area contributed by atoms with Crippen molar-refractivity contribution in [3.63, 3.8) is 0 Å². The van der Waals surface area contributed by atoms with Gasteiger partial charge < -0.3 is 15.7 Å². The van der Waals surface area contributed by atoms with E-state index in [1.165, 1.54) is 12.1 Å². The van der Waals surface area contributed by atoms with Crippen molar-refractivity contribution in [3.8, 4) is 5.75 Å². The van der Waals surface area contributed by atoms with Crippen LogP contribution in [0, 0.1) is 0 Å². The first-order chi connectivity index (χ1) is 13.1. The summed E-state index contributed by atoms with van der Waals surface area (Å²) in [7, 11) is 0. The molecule has 0 saturated carbocycles. The van der Waals surface area contributed by atoms with Crippen LogP contribution in [0.15, 0.2) is 84.9 Å². The van der Waals surface area contributed by atoms with Crippen LogP contribution in [0.5, 0.6) is 5.75 Å². The van der Waals surface area contributed by atoms with E-state index in [-0.39, 0.29) is 17.6 Å². The summed E-state index contributed by atoms with van der Waals surface area (Å²) in [5.74, 6) is -0.516. The van der Waals surface area contributed by atoms with Crippen LogP contribution in [-0.4, -0.2) is 23.0 Å². The number of anilines is 1. The Morgan fingerprint density at radius 3 is 2.04 bits per heavy atom. The molecule has 0 bridgehead atoms. The third-order valence-corrected chi connectivity index (χ3v) is 4.08. The summed E-state index contributed by atoms with van der Waals surface area (Å²) in [4.78, 5) is 25.3. The highest BCUT2D eigenvalue weighted by Crippen LogP contribution is 2.15. The van der Waals surface area contributed by atoms with Gasteiger partial charge in [0.25, 0.3) is 5.91 Å². The number of aromatic hydroxyl groups is 1. The highest BCUT2D eigenvalue weighted by molar-refractivity contribution is 6.01. The first-order valence-corrected chi connectivity index (χ1v) is 8.61. The zero-order valence-corrected chi connectivity index (χ0v) is 14.6. The fourth-order valence-electron chi connectivity index (χ4n) is 2.66. The number of hydrogen-bond acceptors (Lipinski definition) is 3. The zero-order chi connectivity index (χ0) is 19.1. The Balaban J connectivity index is 1.77. The van der Waals surface area contributed by atoms with Crippen LogP contribution in [0.3, 0.4) is 0 Å². The van der Waals surface area contributed by atoms with Crippen molar-refractivity contribution < 1.29 is 14.7 Å². The molecule has 0 saturated heterocycles. The Morgan fingerprint density at radius 1 is 0.815 bits per heavy atom. The SMILES string of the molecule is O=C(N[C@@H](Cc1ccccc1)C(=O)Nc1ccc(O)cc1)c1ccccc1. The van der Waals surface area contributed by atoms with Gasteiger partial charge in [0.2, 0.25) is 5.91 Å². The second kappa shape index (κ2) is 8.67. The van der Waals surface area contributed by atoms with Gasteiger partial charge in [-0.1, -0.05) is 48.5 Å². The molecule has 0 spiro atoms. The summed E-state index contributed by atoms with van der Waals surface area (Å²) in [5.41, 5.74) is 1.98. The van der Waals surface area contributed by atoms with E-state index in [9.17, 15) is 14.7 Å². The van der Waals surface area contributed by atoms with E-state index in [0.29, 0.717) is 17.7 Å². The number of rotatable bonds is 6. The fourth-order valence-corrected chi connectivity index (χ4v) is 2.66. The Morgan fingerprint density at radius 2 is 1.41 bits per heavy atom. The molecule has 3 aromatic rings. The van der Waals surface area contributed by atoms with Gasteiger partial charge in [0.05, 0.1) is 0 Å². The highest BCUT2D eigenvalue weighted by Gasteiger charge is 2.22. The minimum atomic E-state index is -0.742. The highest BCUT2D eigenvalue weighted by atomic mass is 16.3. The lowest BCUT2D eigenvalue weighted by Crippen LogP contribution is -2.45. The number of carbonyl (C=O) groups excluding carboxylic acids is 2. The lowest BCUT2D eigenvalue weighted by Gasteiger charge is -2.19. The molecule has 5 nitrogen and oxygen atoms in total. The molecule has 0 radical (unpaired) electrons. The number of benzene rings is 3. The monoisotopic (exact) mass is 360 g/mol. The molecule has 27 heavy (non-hydrogen) atoms. The predicted molar refractivity (Wildman–Crippen MR) is 105 cm³/mol. The molecule has 0 aliphatic rings. The Bertz CT molecular complexity index is 894. The minimum Gasteiger partial charge on any atom is -0.508 e. The van der Waals surface area contributed by atoms with Crippen LogP contribution in [-0.2, 0) is 11.2 Å². The molecule has 136 valence electrons. The van der Waals surface area contributed by atoms with E-state index < -0.39 is 6.04 Å². The van der Waals surface area contributed by atoms with Crippen LogP contribution >= 0.6 is 0 Å². The van der Waals surface area contributed by atoms with Gasteiger partial charge in [-0.05, 0) is 42.0 Å². The van der Waals surface area contributed by atoms with E-state index >= 15 is 0 Å². The van der Waals surface area contributed by atoms with Crippen LogP contribution < -0.4 is 10.6 Å². The van der Waals surface area contributed by atoms with E-state index in [1.807, 2.05) is 36.4 Å². The fraction of sp³-hybridized carbons (Fsp3) is 0.0909. The van der Waals surface area contributed by atoms with Crippen molar-refractivity contribution in [1.82, 2.24) is 5.32 Å². The van der Waals surface area contributed by atoms with E-state index in [2.05, 4.69) is 10.6 Å². The second-order valence-electron chi connectivity index (χ2n) is 6.12. The number of amides is 2. The normalized spacial score (nSPS) is 11.4. The summed E-state index contributed by atoms with van der Waals surface area (Å²) in [6.45, 7) is 0. The Labute approximate surface area is 157 Å². The van der Waals surface area contributed by atoms with Crippen LogP contribution in [0.25, 0.3) is 0 Å². The molecule has 0 heterocycles. The number of phenols is 1. The molecule has 1 atom stereocenters. The van der Waals surface area contributed by atoms with Gasteiger partial charge in [0, 0.05) is 17.7 Å². The molecule has 0 aliphatic carbocycles. The Kier molecular flexibility index (Phi) is 5.84. The van der Waals surface area contributed by atoms with Gasteiger partial charge in [-0.3, -0.25) is 9.59 Å². The zero-order valence-electron chi connectivity index (χ0n) is 14.6. The minimum absolute atomic E-state index is 0.117. The van der Waals surface area contributed by atoms with Crippen LogP contribution in [0.4, 0.5) is 5.69 Å². The molecule has 0 unspecified atom stereocenters. The number of nitrogens with one attached hydrogen (secondary N) is 2. The number of phenolic OH excluding ortho intramolecular Hbond substituents is 1. The van der Waals surface area contributed by atoms with E-state index in [0.717, 1.165) is 5.56 Å². The van der Waals surface area contributed by atoms with Crippen LogP contribution in [0.1, 0.15) is 15.9 Å². The smallest absolute Gasteiger partial charge is 0.251 e. The predicted octanol–water partition coefficient (Wildman–Crippen LogP) is 3.37. The molecule has 2 amide bonds. The summed E-state index contributed by atoms with van der Waals surface area (Å²) in [6.07, 6.45) is 0.364. The average molecular weight is 360 g/mol. The Hall–Kier alpha value is -3.60. The van der Waals surface area contributed by atoms with Crippen molar-refractivity contribution in [3.05, 3.63) is 96.1 Å². The summed E-state index contributed by atoms with van der Waals surface area (Å²) in [6, 6.07) is 23.7. The summed E-state index contributed by atoms with van der Waals surface area (Å²) < 4.78 is 0. The van der Waals surface area contributed by atoms with Gasteiger partial charge in [-0.25, -0.2) is 0 Å². The molecular formula is C22H20N2O3. The van der Waals surface area contributed by atoms with Crippen molar-refractivity contribution in [2.45, 2.75) is 12.5 Å². The molecule has 3 aromatic carbocycles. The molecule has 0 aliphatic heterocycles. The standard InChI is InChI=1S/C22H20N2O3/c25-19-13-11-18(12-14-19)23-22(27)20(15-16-7-3-1-4-8-16)24-21(26)17-9-5-2-6-10-17/h1-14,20,25H,15H2,(H,23,27)(H,24,26)/t20-/m0/s1. The van der Waals surface area contributed by atoms with Crippen molar-refractivity contribution in [1.29, 1.82) is 0 Å². The molecular weight excluding hydrogens is 340 g/mol. The topological polar surface area (TPSA) is 78.4 Å². The van der Waals surface area contributed by atoms with E-state index in [4.69, 9.17) is 0 Å². The van der Waals surface area contributed by atoms with Crippen molar-refractivity contribution in [2.75, 3.05) is 5.32 Å². The lowest BCUT2D eigenvalue weighted by atomic mass is 10.0. The number of hydrogen-bond donors (Lipinski definition) is 3. The van der Waals surface area contributed by atoms with Gasteiger partial charge in [0.1, 0.15) is 11.8 Å². The van der Waals surface area contributed by atoms with Crippen LogP contribution in [0.2, 0.25) is 0 Å². The molecule has 0 fully saturated rings. The lowest BCUT2D eigenvalue weighted by molar-refractivity contribution is -0.118. The van der Waals surface area contributed by atoms with Crippen molar-refractivity contribution >= 4 is 17.5 Å².